The Morgan fingerprint density at radius 2 is 2.08 bits per heavy atom. The van der Waals surface area contributed by atoms with Crippen LogP contribution in [0.15, 0.2) is 30.3 Å². The summed E-state index contributed by atoms with van der Waals surface area (Å²) in [5.74, 6) is -0.825. The van der Waals surface area contributed by atoms with Crippen molar-refractivity contribution in [3.8, 4) is 0 Å². The van der Waals surface area contributed by atoms with Crippen LogP contribution in [-0.4, -0.2) is 48.0 Å². The van der Waals surface area contributed by atoms with Crippen molar-refractivity contribution >= 4 is 23.6 Å². The number of para-hydroxylation sites is 1. The van der Waals surface area contributed by atoms with Gasteiger partial charge in [0.25, 0.3) is 0 Å². The number of nitrogens with zero attached hydrogens (tertiary/aromatic N) is 1. The molecule has 1 aromatic rings. The molecule has 2 rings (SSSR count). The lowest BCUT2D eigenvalue weighted by Gasteiger charge is -2.34. The first-order valence-electron chi connectivity index (χ1n) is 8.11. The third kappa shape index (κ3) is 4.71. The fourth-order valence-corrected chi connectivity index (χ4v) is 2.39. The van der Waals surface area contributed by atoms with Crippen LogP contribution in [0.25, 0.3) is 0 Å². The Morgan fingerprint density at radius 3 is 2.75 bits per heavy atom. The van der Waals surface area contributed by atoms with Crippen molar-refractivity contribution in [3.05, 3.63) is 30.3 Å². The van der Waals surface area contributed by atoms with E-state index in [9.17, 15) is 14.4 Å². The number of rotatable bonds is 5. The van der Waals surface area contributed by atoms with E-state index in [0.29, 0.717) is 25.2 Å². The molecule has 1 fully saturated rings. The topological polar surface area (TPSA) is 87.7 Å². The Hall–Kier alpha value is -2.57. The largest absolute Gasteiger partial charge is 0.463 e. The highest BCUT2D eigenvalue weighted by atomic mass is 16.5. The second-order valence-corrected chi connectivity index (χ2v) is 5.71. The van der Waals surface area contributed by atoms with Crippen molar-refractivity contribution in [2.75, 3.05) is 18.4 Å². The van der Waals surface area contributed by atoms with Crippen LogP contribution in [-0.2, 0) is 14.3 Å². The molecular weight excluding hydrogens is 310 g/mol. The number of carbonyl (C=O) groups is 3. The molecule has 0 bridgehead atoms. The molecule has 24 heavy (non-hydrogen) atoms. The van der Waals surface area contributed by atoms with Gasteiger partial charge in [0, 0.05) is 18.8 Å². The third-order valence-electron chi connectivity index (χ3n) is 3.88. The molecule has 0 saturated carbocycles. The summed E-state index contributed by atoms with van der Waals surface area (Å²) in [5.41, 5.74) is 0.634. The van der Waals surface area contributed by atoms with Gasteiger partial charge in [0.2, 0.25) is 5.91 Å². The van der Waals surface area contributed by atoms with E-state index in [2.05, 4.69) is 10.6 Å². The summed E-state index contributed by atoms with van der Waals surface area (Å²) >= 11 is 0. The van der Waals surface area contributed by atoms with E-state index in [0.717, 1.165) is 0 Å². The zero-order valence-corrected chi connectivity index (χ0v) is 14.0. The van der Waals surface area contributed by atoms with E-state index in [1.165, 1.54) is 4.90 Å². The van der Waals surface area contributed by atoms with Crippen molar-refractivity contribution in [1.29, 1.82) is 0 Å². The number of piperazine rings is 1. The lowest BCUT2D eigenvalue weighted by molar-refractivity contribution is -0.151. The average Bonchev–Trinajstić information content (AvgIpc) is 2.57. The molecule has 7 nitrogen and oxygen atoms in total. The molecule has 1 heterocycles. The Morgan fingerprint density at radius 1 is 1.38 bits per heavy atom. The van der Waals surface area contributed by atoms with Gasteiger partial charge in [0.15, 0.2) is 0 Å². The Labute approximate surface area is 141 Å². The van der Waals surface area contributed by atoms with Crippen LogP contribution in [0.5, 0.6) is 0 Å². The van der Waals surface area contributed by atoms with Crippen LogP contribution in [0.4, 0.5) is 10.5 Å². The number of benzene rings is 1. The maximum absolute atomic E-state index is 12.5. The van der Waals surface area contributed by atoms with Gasteiger partial charge in [-0.1, -0.05) is 25.1 Å². The molecule has 0 aliphatic carbocycles. The van der Waals surface area contributed by atoms with Gasteiger partial charge in [-0.05, 0) is 25.5 Å². The number of esters is 1. The molecule has 0 aromatic heterocycles. The second-order valence-electron chi connectivity index (χ2n) is 5.71. The summed E-state index contributed by atoms with van der Waals surface area (Å²) in [6, 6.07) is 7.70. The van der Waals surface area contributed by atoms with Crippen LogP contribution in [0.1, 0.15) is 26.7 Å². The van der Waals surface area contributed by atoms with Crippen molar-refractivity contribution in [3.63, 3.8) is 0 Å². The normalized spacial score (nSPS) is 18.5. The molecular formula is C17H23N3O4. The number of anilines is 1. The molecule has 2 N–H and O–H groups in total. The van der Waals surface area contributed by atoms with Gasteiger partial charge in [-0.15, -0.1) is 0 Å². The number of carbonyl (C=O) groups excluding carboxylic acids is 3. The van der Waals surface area contributed by atoms with Gasteiger partial charge in [-0.2, -0.15) is 0 Å². The molecule has 130 valence electrons. The highest BCUT2D eigenvalue weighted by molar-refractivity contribution is 5.96. The van der Waals surface area contributed by atoms with Gasteiger partial charge in [0.1, 0.15) is 6.04 Å². The lowest BCUT2D eigenvalue weighted by Crippen LogP contribution is -2.58. The van der Waals surface area contributed by atoms with Crippen LogP contribution >= 0.6 is 0 Å². The number of urea groups is 1. The molecule has 1 aliphatic heterocycles. The summed E-state index contributed by atoms with van der Waals surface area (Å²) < 4.78 is 5.22. The van der Waals surface area contributed by atoms with E-state index >= 15 is 0 Å². The molecule has 1 saturated heterocycles. The predicted molar refractivity (Wildman–Crippen MR) is 89.4 cm³/mol. The molecule has 0 radical (unpaired) electrons. The Bertz CT molecular complexity index is 591. The maximum Gasteiger partial charge on any atom is 0.322 e. The minimum Gasteiger partial charge on any atom is -0.463 e. The summed E-state index contributed by atoms with van der Waals surface area (Å²) in [5, 5.41) is 5.43. The van der Waals surface area contributed by atoms with Crippen LogP contribution < -0.4 is 10.6 Å². The highest BCUT2D eigenvalue weighted by Gasteiger charge is 2.35. The minimum atomic E-state index is -0.862. The average molecular weight is 333 g/mol. The number of nitrogens with one attached hydrogen (secondary N) is 2. The predicted octanol–water partition coefficient (Wildman–Crippen LogP) is 1.75. The Kier molecular flexibility index (Phi) is 6.17. The van der Waals surface area contributed by atoms with Gasteiger partial charge < -0.3 is 20.3 Å². The molecule has 1 aromatic carbocycles. The summed E-state index contributed by atoms with van der Waals surface area (Å²) in [6.45, 7) is 4.40. The summed E-state index contributed by atoms with van der Waals surface area (Å²) in [7, 11) is 0. The summed E-state index contributed by atoms with van der Waals surface area (Å²) in [6.07, 6.45) is 0.329. The SMILES string of the molecule is CCC(C)OC(=O)CC1C(=O)NCCN1C(=O)Nc1ccccc1. The van der Waals surface area contributed by atoms with Crippen LogP contribution in [0.3, 0.4) is 0 Å². The van der Waals surface area contributed by atoms with Crippen molar-refractivity contribution in [1.82, 2.24) is 10.2 Å². The van der Waals surface area contributed by atoms with Crippen LogP contribution in [0, 0.1) is 0 Å². The molecule has 0 spiro atoms. The van der Waals surface area contributed by atoms with Gasteiger partial charge >= 0.3 is 12.0 Å². The van der Waals surface area contributed by atoms with E-state index in [1.54, 1.807) is 31.2 Å². The number of hydrogen-bond donors (Lipinski definition) is 2. The fourth-order valence-electron chi connectivity index (χ4n) is 2.39. The van der Waals surface area contributed by atoms with Gasteiger partial charge in [0.05, 0.1) is 12.5 Å². The number of amides is 3. The smallest absolute Gasteiger partial charge is 0.322 e. The molecule has 7 heteroatoms. The molecule has 2 atom stereocenters. The molecule has 1 aliphatic rings. The highest BCUT2D eigenvalue weighted by Crippen LogP contribution is 2.14. The van der Waals surface area contributed by atoms with E-state index in [-0.39, 0.29) is 18.4 Å². The Balaban J connectivity index is 2.03. The molecule has 2 unspecified atom stereocenters. The van der Waals surface area contributed by atoms with Gasteiger partial charge in [-0.25, -0.2) is 4.79 Å². The van der Waals surface area contributed by atoms with E-state index in [4.69, 9.17) is 4.74 Å². The van der Waals surface area contributed by atoms with Crippen molar-refractivity contribution in [2.45, 2.75) is 38.8 Å². The number of hydrogen-bond acceptors (Lipinski definition) is 4. The summed E-state index contributed by atoms with van der Waals surface area (Å²) in [4.78, 5) is 37.9. The fraction of sp³-hybridized carbons (Fsp3) is 0.471. The monoisotopic (exact) mass is 333 g/mol. The third-order valence-corrected chi connectivity index (χ3v) is 3.88. The minimum absolute atomic E-state index is 0.154. The maximum atomic E-state index is 12.5. The zero-order valence-electron chi connectivity index (χ0n) is 14.0. The lowest BCUT2D eigenvalue weighted by atomic mass is 10.1. The first-order valence-corrected chi connectivity index (χ1v) is 8.11. The second kappa shape index (κ2) is 8.33. The first-order chi connectivity index (χ1) is 11.5. The number of ether oxygens (including phenoxy) is 1. The van der Waals surface area contributed by atoms with Gasteiger partial charge in [-0.3, -0.25) is 9.59 Å². The zero-order chi connectivity index (χ0) is 17.5. The van der Waals surface area contributed by atoms with E-state index in [1.807, 2.05) is 13.0 Å². The molecule has 3 amide bonds. The standard InChI is InChI=1S/C17H23N3O4/c1-3-12(2)24-15(21)11-14-16(22)18-9-10-20(14)17(23)19-13-7-5-4-6-8-13/h4-8,12,14H,3,9-11H2,1-2H3,(H,18,22)(H,19,23). The van der Waals surface area contributed by atoms with Crippen molar-refractivity contribution in [2.24, 2.45) is 0 Å². The van der Waals surface area contributed by atoms with Crippen molar-refractivity contribution < 1.29 is 19.1 Å². The quantitative estimate of drug-likeness (QED) is 0.804. The van der Waals surface area contributed by atoms with Crippen LogP contribution in [0.2, 0.25) is 0 Å². The first kappa shape index (κ1) is 17.8. The van der Waals surface area contributed by atoms with E-state index < -0.39 is 18.0 Å².